The number of ether oxygens (including phenoxy) is 1. The van der Waals surface area contributed by atoms with Crippen LogP contribution in [0.3, 0.4) is 0 Å². The van der Waals surface area contributed by atoms with Crippen LogP contribution in [0.4, 0.5) is 11.5 Å². The molecule has 3 aromatic rings. The van der Waals surface area contributed by atoms with E-state index in [9.17, 15) is 4.79 Å². The molecule has 0 bridgehead atoms. The average Bonchev–Trinajstić information content (AvgIpc) is 2.81. The zero-order valence-corrected chi connectivity index (χ0v) is 18.3. The van der Waals surface area contributed by atoms with E-state index in [0.717, 1.165) is 58.9 Å². The van der Waals surface area contributed by atoms with Crippen LogP contribution in [0.1, 0.15) is 12.8 Å². The van der Waals surface area contributed by atoms with Gasteiger partial charge < -0.3 is 15.0 Å². The van der Waals surface area contributed by atoms with Crippen LogP contribution in [-0.4, -0.2) is 36.3 Å². The van der Waals surface area contributed by atoms with E-state index in [1.54, 1.807) is 7.11 Å². The molecule has 6 nitrogen and oxygen atoms in total. The SMILES string of the molecule is COc1ccc(-c2ccc(N3CCC(C(=O)Nc4ccc(Br)cc4)CC3)nn2)cc1. The van der Waals surface area contributed by atoms with Crippen molar-refractivity contribution < 1.29 is 9.53 Å². The van der Waals surface area contributed by atoms with Crippen LogP contribution in [0.5, 0.6) is 5.75 Å². The van der Waals surface area contributed by atoms with Crippen molar-refractivity contribution in [3.63, 3.8) is 0 Å². The molecule has 1 saturated heterocycles. The van der Waals surface area contributed by atoms with Gasteiger partial charge in [-0.1, -0.05) is 15.9 Å². The van der Waals surface area contributed by atoms with E-state index in [2.05, 4.69) is 36.3 Å². The number of carbonyl (C=O) groups excluding carboxylic acids is 1. The van der Waals surface area contributed by atoms with Crippen molar-refractivity contribution in [3.8, 4) is 17.0 Å². The number of hydrogen-bond acceptors (Lipinski definition) is 5. The summed E-state index contributed by atoms with van der Waals surface area (Å²) in [7, 11) is 1.65. The van der Waals surface area contributed by atoms with Crippen LogP contribution in [0.15, 0.2) is 65.1 Å². The Balaban J connectivity index is 1.33. The molecule has 0 unspecified atom stereocenters. The number of piperidine rings is 1. The summed E-state index contributed by atoms with van der Waals surface area (Å²) in [6.07, 6.45) is 1.59. The number of nitrogens with zero attached hydrogens (tertiary/aromatic N) is 3. The summed E-state index contributed by atoms with van der Waals surface area (Å²) in [5.74, 6) is 1.75. The highest BCUT2D eigenvalue weighted by atomic mass is 79.9. The second kappa shape index (κ2) is 9.26. The van der Waals surface area contributed by atoms with Gasteiger partial charge in [0.1, 0.15) is 5.75 Å². The lowest BCUT2D eigenvalue weighted by atomic mass is 9.96. The third-order valence-electron chi connectivity index (χ3n) is 5.34. The Kier molecular flexibility index (Phi) is 6.28. The van der Waals surface area contributed by atoms with Crippen LogP contribution in [0.25, 0.3) is 11.3 Å². The lowest BCUT2D eigenvalue weighted by Gasteiger charge is -2.31. The van der Waals surface area contributed by atoms with E-state index in [0.29, 0.717) is 0 Å². The summed E-state index contributed by atoms with van der Waals surface area (Å²) in [5.41, 5.74) is 2.65. The molecule has 1 aromatic heterocycles. The van der Waals surface area contributed by atoms with E-state index < -0.39 is 0 Å². The van der Waals surface area contributed by atoms with Gasteiger partial charge in [-0.05, 0) is 73.5 Å². The highest BCUT2D eigenvalue weighted by molar-refractivity contribution is 9.10. The predicted molar refractivity (Wildman–Crippen MR) is 122 cm³/mol. The molecule has 1 aliphatic rings. The van der Waals surface area contributed by atoms with E-state index in [4.69, 9.17) is 4.74 Å². The van der Waals surface area contributed by atoms with Gasteiger partial charge >= 0.3 is 0 Å². The Hall–Kier alpha value is -2.93. The minimum atomic E-state index is 0.0106. The second-order valence-corrected chi connectivity index (χ2v) is 8.18. The van der Waals surface area contributed by atoms with Crippen LogP contribution < -0.4 is 15.0 Å². The average molecular weight is 467 g/mol. The summed E-state index contributed by atoms with van der Waals surface area (Å²) in [5, 5.41) is 11.8. The Labute approximate surface area is 184 Å². The fourth-order valence-corrected chi connectivity index (χ4v) is 3.82. The molecule has 0 aliphatic carbocycles. The van der Waals surface area contributed by atoms with Gasteiger partial charge in [-0.25, -0.2) is 0 Å². The Bertz CT molecular complexity index is 983. The van der Waals surface area contributed by atoms with Crippen molar-refractivity contribution >= 4 is 33.3 Å². The van der Waals surface area contributed by atoms with Crippen molar-refractivity contribution in [1.29, 1.82) is 0 Å². The number of hydrogen-bond donors (Lipinski definition) is 1. The molecule has 4 rings (SSSR count). The highest BCUT2D eigenvalue weighted by Gasteiger charge is 2.26. The topological polar surface area (TPSA) is 67.3 Å². The standard InChI is InChI=1S/C23H23BrN4O2/c1-30-20-8-2-16(3-9-20)21-10-11-22(27-26-21)28-14-12-17(13-15-28)23(29)25-19-6-4-18(24)5-7-19/h2-11,17H,12-15H2,1H3,(H,25,29). The molecule has 2 heterocycles. The number of halogens is 1. The van der Waals surface area contributed by atoms with E-state index in [1.165, 1.54) is 0 Å². The van der Waals surface area contributed by atoms with E-state index in [1.807, 2.05) is 60.7 Å². The second-order valence-electron chi connectivity index (χ2n) is 7.26. The first kappa shape index (κ1) is 20.3. The number of rotatable bonds is 5. The molecule has 154 valence electrons. The van der Waals surface area contributed by atoms with Gasteiger partial charge in [0.15, 0.2) is 5.82 Å². The molecule has 30 heavy (non-hydrogen) atoms. The van der Waals surface area contributed by atoms with Crippen molar-refractivity contribution in [2.75, 3.05) is 30.4 Å². The Morgan fingerprint density at radius 3 is 2.30 bits per heavy atom. The molecule has 0 radical (unpaired) electrons. The number of anilines is 2. The number of methoxy groups -OCH3 is 1. The quantitative estimate of drug-likeness (QED) is 0.586. The summed E-state index contributed by atoms with van der Waals surface area (Å²) in [4.78, 5) is 14.8. The normalized spacial score (nSPS) is 14.4. The molecular formula is C23H23BrN4O2. The fourth-order valence-electron chi connectivity index (χ4n) is 3.56. The number of aromatic nitrogens is 2. The number of amides is 1. The van der Waals surface area contributed by atoms with Crippen LogP contribution in [0.2, 0.25) is 0 Å². The predicted octanol–water partition coefficient (Wildman–Crippen LogP) is 4.77. The maximum Gasteiger partial charge on any atom is 0.227 e. The van der Waals surface area contributed by atoms with E-state index >= 15 is 0 Å². The Morgan fingerprint density at radius 2 is 1.70 bits per heavy atom. The van der Waals surface area contributed by atoms with Crippen LogP contribution in [0, 0.1) is 5.92 Å². The molecule has 1 amide bonds. The van der Waals surface area contributed by atoms with Gasteiger partial charge in [0.25, 0.3) is 0 Å². The van der Waals surface area contributed by atoms with Crippen LogP contribution >= 0.6 is 15.9 Å². The molecule has 1 N–H and O–H groups in total. The van der Waals surface area contributed by atoms with Gasteiger partial charge in [-0.2, -0.15) is 0 Å². The molecule has 1 aliphatic heterocycles. The monoisotopic (exact) mass is 466 g/mol. The first-order valence-corrected chi connectivity index (χ1v) is 10.7. The number of carbonyl (C=O) groups is 1. The van der Waals surface area contributed by atoms with Gasteiger partial charge in [0, 0.05) is 34.7 Å². The molecular weight excluding hydrogens is 444 g/mol. The van der Waals surface area contributed by atoms with Crippen molar-refractivity contribution in [2.45, 2.75) is 12.8 Å². The third kappa shape index (κ3) is 4.79. The summed E-state index contributed by atoms with van der Waals surface area (Å²) in [6, 6.07) is 19.4. The zero-order chi connectivity index (χ0) is 20.9. The maximum absolute atomic E-state index is 12.6. The maximum atomic E-state index is 12.6. The third-order valence-corrected chi connectivity index (χ3v) is 5.87. The minimum Gasteiger partial charge on any atom is -0.497 e. The smallest absolute Gasteiger partial charge is 0.227 e. The molecule has 0 spiro atoms. The first-order valence-electron chi connectivity index (χ1n) is 9.92. The number of benzene rings is 2. The van der Waals surface area contributed by atoms with Gasteiger partial charge in [-0.3, -0.25) is 4.79 Å². The summed E-state index contributed by atoms with van der Waals surface area (Å²) < 4.78 is 6.19. The molecule has 1 fully saturated rings. The zero-order valence-electron chi connectivity index (χ0n) is 16.7. The van der Waals surface area contributed by atoms with Gasteiger partial charge in [0.2, 0.25) is 5.91 Å². The molecule has 0 atom stereocenters. The van der Waals surface area contributed by atoms with Gasteiger partial charge in [-0.15, -0.1) is 10.2 Å². The van der Waals surface area contributed by atoms with Crippen LogP contribution in [-0.2, 0) is 4.79 Å². The Morgan fingerprint density at radius 1 is 1.00 bits per heavy atom. The summed E-state index contributed by atoms with van der Waals surface area (Å²) in [6.45, 7) is 1.57. The lowest BCUT2D eigenvalue weighted by molar-refractivity contribution is -0.120. The van der Waals surface area contributed by atoms with Gasteiger partial charge in [0.05, 0.1) is 12.8 Å². The largest absolute Gasteiger partial charge is 0.497 e. The van der Waals surface area contributed by atoms with E-state index in [-0.39, 0.29) is 11.8 Å². The van der Waals surface area contributed by atoms with Crippen molar-refractivity contribution in [2.24, 2.45) is 5.92 Å². The fraction of sp³-hybridized carbons (Fsp3) is 0.261. The van der Waals surface area contributed by atoms with Crippen molar-refractivity contribution in [1.82, 2.24) is 10.2 Å². The lowest BCUT2D eigenvalue weighted by Crippen LogP contribution is -2.38. The summed E-state index contributed by atoms with van der Waals surface area (Å²) >= 11 is 3.41. The number of nitrogens with one attached hydrogen (secondary N) is 1. The minimum absolute atomic E-state index is 0.0106. The highest BCUT2D eigenvalue weighted by Crippen LogP contribution is 2.25. The first-order chi connectivity index (χ1) is 14.6. The molecule has 0 saturated carbocycles. The molecule has 7 heteroatoms. The van der Waals surface area contributed by atoms with Crippen molar-refractivity contribution in [3.05, 3.63) is 65.1 Å². The molecule has 2 aromatic carbocycles.